The first-order valence-electron chi connectivity index (χ1n) is 15.5. The van der Waals surface area contributed by atoms with Gasteiger partial charge in [-0.1, -0.05) is 66.2 Å². The lowest BCUT2D eigenvalue weighted by atomic mass is 9.32. The number of esters is 1. The van der Waals surface area contributed by atoms with E-state index >= 15 is 0 Å². The van der Waals surface area contributed by atoms with Crippen LogP contribution in [0.4, 0.5) is 0 Å². The molecule has 4 fully saturated rings. The number of carbonyl (C=O) groups is 2. The Bertz CT molecular complexity index is 1180. The predicted octanol–water partition coefficient (Wildman–Crippen LogP) is 8.23. The largest absolute Gasteiger partial charge is 0.469 e. The zero-order chi connectivity index (χ0) is 28.8. The smallest absolute Gasteiger partial charge is 0.312 e. The topological polar surface area (TPSA) is 67.2 Å². The number of ketones is 1. The van der Waals surface area contributed by atoms with E-state index in [1.54, 1.807) is 7.11 Å². The van der Waals surface area contributed by atoms with Crippen molar-refractivity contribution in [2.24, 2.45) is 56.2 Å². The summed E-state index contributed by atoms with van der Waals surface area (Å²) < 4.78 is 5.56. The molecule has 0 spiro atoms. The summed E-state index contributed by atoms with van der Waals surface area (Å²) >= 11 is 0. The first kappa shape index (κ1) is 28.6. The van der Waals surface area contributed by atoms with Gasteiger partial charge in [-0.15, -0.1) is 0 Å². The molecule has 2 unspecified atom stereocenters. The van der Waals surface area contributed by atoms with Crippen LogP contribution < -0.4 is 0 Å². The average molecular weight is 534 g/mol. The first-order chi connectivity index (χ1) is 18.1. The summed E-state index contributed by atoms with van der Waals surface area (Å²) in [6.07, 6.45) is 13.1. The number of nitriles is 1. The molecule has 0 heterocycles. The summed E-state index contributed by atoms with van der Waals surface area (Å²) in [7, 11) is 1.57. The zero-order valence-corrected chi connectivity index (χ0v) is 26.0. The van der Waals surface area contributed by atoms with Crippen LogP contribution >= 0.6 is 0 Å². The molecule has 0 aromatic carbocycles. The maximum absolute atomic E-state index is 13.6. The third-order valence-electron chi connectivity index (χ3n) is 13.6. The maximum atomic E-state index is 13.6. The number of hydrogen-bond donors (Lipinski definition) is 0. The third-order valence-corrected chi connectivity index (χ3v) is 13.6. The summed E-state index contributed by atoms with van der Waals surface area (Å²) in [5.74, 6) is 0.470. The van der Waals surface area contributed by atoms with Crippen molar-refractivity contribution in [2.45, 2.75) is 113 Å². The molecule has 39 heavy (non-hydrogen) atoms. The molecule has 0 N–H and O–H groups in total. The van der Waals surface area contributed by atoms with Crippen molar-refractivity contribution in [1.29, 1.82) is 5.26 Å². The molecule has 0 aromatic heterocycles. The van der Waals surface area contributed by atoms with Gasteiger partial charge in [0.05, 0.1) is 18.6 Å². The Hall–Kier alpha value is -1.89. The van der Waals surface area contributed by atoms with Crippen LogP contribution in [0.3, 0.4) is 0 Å². The monoisotopic (exact) mass is 533 g/mol. The fourth-order valence-corrected chi connectivity index (χ4v) is 11.4. The second kappa shape index (κ2) is 8.80. The highest BCUT2D eigenvalue weighted by atomic mass is 16.5. The number of hydrogen-bond acceptors (Lipinski definition) is 4. The second-order valence-electron chi connectivity index (χ2n) is 16.1. The number of allylic oxidation sites excluding steroid dienone is 4. The van der Waals surface area contributed by atoms with Crippen LogP contribution in [0.2, 0.25) is 0 Å². The Morgan fingerprint density at radius 2 is 1.64 bits per heavy atom. The van der Waals surface area contributed by atoms with Crippen molar-refractivity contribution < 1.29 is 14.3 Å². The molecule has 4 heteroatoms. The number of methoxy groups -OCH3 is 1. The SMILES string of the molecule is C/C=C/C1=C2[C@@H]3CC(C)(C)CC[C@]3(C(=O)OC)CC[C@@]2(C)[C@]2(C)CC[C@H]3C(C)(C)C(=O)C(C#N)C[C@]3(C)C2C1. The molecule has 0 aromatic rings. The molecule has 8 atom stereocenters. The number of nitrogens with zero attached hydrogens (tertiary/aromatic N) is 1. The normalized spacial score (nSPS) is 46.4. The minimum atomic E-state index is -0.524. The molecular weight excluding hydrogens is 482 g/mol. The van der Waals surface area contributed by atoms with Crippen LogP contribution in [-0.4, -0.2) is 18.9 Å². The van der Waals surface area contributed by atoms with E-state index in [-0.39, 0.29) is 45.2 Å². The number of ether oxygens (including phenoxy) is 1. The highest BCUT2D eigenvalue weighted by Crippen LogP contribution is 2.76. The Kier molecular flexibility index (Phi) is 6.46. The van der Waals surface area contributed by atoms with Gasteiger partial charge in [0.25, 0.3) is 0 Å². The van der Waals surface area contributed by atoms with E-state index in [0.29, 0.717) is 12.3 Å². The van der Waals surface area contributed by atoms with Crippen LogP contribution in [0.5, 0.6) is 0 Å². The summed E-state index contributed by atoms with van der Waals surface area (Å²) in [4.78, 5) is 27.1. The van der Waals surface area contributed by atoms with Gasteiger partial charge >= 0.3 is 5.97 Å². The number of Topliss-reactive ketones (excluding diaryl/α,β-unsaturated/α-hetero) is 1. The van der Waals surface area contributed by atoms with E-state index in [2.05, 4.69) is 73.6 Å². The Balaban J connectivity index is 1.72. The van der Waals surface area contributed by atoms with E-state index < -0.39 is 16.7 Å². The van der Waals surface area contributed by atoms with Crippen molar-refractivity contribution in [1.82, 2.24) is 0 Å². The molecule has 5 rings (SSSR count). The molecule has 0 bridgehead atoms. The van der Waals surface area contributed by atoms with Crippen LogP contribution in [0, 0.1) is 67.5 Å². The Morgan fingerprint density at radius 3 is 2.26 bits per heavy atom. The van der Waals surface area contributed by atoms with Gasteiger partial charge in [-0.25, -0.2) is 0 Å². The van der Waals surface area contributed by atoms with E-state index in [1.807, 2.05) is 0 Å². The minimum Gasteiger partial charge on any atom is -0.469 e. The van der Waals surface area contributed by atoms with Crippen molar-refractivity contribution in [2.75, 3.05) is 7.11 Å². The molecule has 5 aliphatic carbocycles. The Morgan fingerprint density at radius 1 is 0.974 bits per heavy atom. The molecule has 5 aliphatic rings. The van der Waals surface area contributed by atoms with E-state index in [0.717, 1.165) is 51.4 Å². The van der Waals surface area contributed by atoms with Crippen LogP contribution in [0.25, 0.3) is 0 Å². The average Bonchev–Trinajstić information content (AvgIpc) is 2.86. The molecule has 0 radical (unpaired) electrons. The second-order valence-corrected chi connectivity index (χ2v) is 16.1. The maximum Gasteiger partial charge on any atom is 0.312 e. The van der Waals surface area contributed by atoms with Gasteiger partial charge in [-0.05, 0) is 110 Å². The van der Waals surface area contributed by atoms with Crippen molar-refractivity contribution in [3.05, 3.63) is 23.3 Å². The number of rotatable bonds is 2. The third kappa shape index (κ3) is 3.59. The van der Waals surface area contributed by atoms with Crippen LogP contribution in [0.15, 0.2) is 23.3 Å². The summed E-state index contributed by atoms with van der Waals surface area (Å²) in [5, 5.41) is 10.1. The number of fused-ring (bicyclic) bond motifs is 7. The fraction of sp³-hybridized carbons (Fsp3) is 0.800. The van der Waals surface area contributed by atoms with Gasteiger partial charge in [-0.3, -0.25) is 9.59 Å². The first-order valence-corrected chi connectivity index (χ1v) is 15.5. The lowest BCUT2D eigenvalue weighted by Gasteiger charge is -2.71. The summed E-state index contributed by atoms with van der Waals surface area (Å²) in [6.45, 7) is 18.6. The summed E-state index contributed by atoms with van der Waals surface area (Å²) in [5.41, 5.74) is 2.14. The van der Waals surface area contributed by atoms with Gasteiger partial charge < -0.3 is 4.74 Å². The quantitative estimate of drug-likeness (QED) is 0.335. The predicted molar refractivity (Wildman–Crippen MR) is 154 cm³/mol. The van der Waals surface area contributed by atoms with Gasteiger partial charge in [0.15, 0.2) is 5.78 Å². The molecule has 214 valence electrons. The van der Waals surface area contributed by atoms with Crippen molar-refractivity contribution >= 4 is 11.8 Å². The van der Waals surface area contributed by atoms with Crippen LogP contribution in [0.1, 0.15) is 113 Å². The highest BCUT2D eigenvalue weighted by molar-refractivity contribution is 5.89. The molecule has 0 amide bonds. The molecule has 4 saturated carbocycles. The molecule has 0 aliphatic heterocycles. The van der Waals surface area contributed by atoms with Gasteiger partial charge in [0, 0.05) is 5.41 Å². The molecular formula is C35H51NO3. The minimum absolute atomic E-state index is 0.00951. The lowest BCUT2D eigenvalue weighted by molar-refractivity contribution is -0.194. The van der Waals surface area contributed by atoms with Crippen molar-refractivity contribution in [3.63, 3.8) is 0 Å². The number of carbonyl (C=O) groups excluding carboxylic acids is 2. The van der Waals surface area contributed by atoms with E-state index in [9.17, 15) is 14.9 Å². The molecule has 4 nitrogen and oxygen atoms in total. The van der Waals surface area contributed by atoms with Gasteiger partial charge in [0.2, 0.25) is 0 Å². The fourth-order valence-electron chi connectivity index (χ4n) is 11.4. The van der Waals surface area contributed by atoms with E-state index in [4.69, 9.17) is 4.74 Å². The van der Waals surface area contributed by atoms with E-state index in [1.165, 1.54) is 11.1 Å². The van der Waals surface area contributed by atoms with Gasteiger partial charge in [-0.2, -0.15) is 5.26 Å². The van der Waals surface area contributed by atoms with Crippen LogP contribution in [-0.2, 0) is 14.3 Å². The standard InChI is InChI=1S/C35H51NO3/c1-10-11-22-18-26-32(6)19-23(21-36)28(37)31(4,5)25(32)12-13-33(26,7)34(8)15-17-35(29(38)39-9)16-14-30(2,3)20-24(35)27(22)34/h10-11,23-26H,12-20H2,1-9H3/b11-10+/t23?,24-,25-,26?,32-,33+,34+,35-/m0/s1. The Labute approximate surface area is 237 Å². The lowest BCUT2D eigenvalue weighted by Crippen LogP contribution is -2.66. The van der Waals surface area contributed by atoms with Gasteiger partial charge in [0.1, 0.15) is 5.92 Å². The molecule has 0 saturated heterocycles. The highest BCUT2D eigenvalue weighted by Gasteiger charge is 2.71. The zero-order valence-electron chi connectivity index (χ0n) is 26.0. The van der Waals surface area contributed by atoms with Crippen molar-refractivity contribution in [3.8, 4) is 6.07 Å². The summed E-state index contributed by atoms with van der Waals surface area (Å²) in [6, 6.07) is 2.42.